The standard InChI is InChI=1S/C10H5N3S/c11-4-7-8(6-13-9(7)5-12)10-2-1-3-14-10/h1-3,6,13H. The minimum absolute atomic E-state index is 0.330. The number of aromatic nitrogens is 1. The molecular weight excluding hydrogens is 194 g/mol. The van der Waals surface area contributed by atoms with Crippen molar-refractivity contribution in [2.75, 3.05) is 0 Å². The Kier molecular flexibility index (Phi) is 2.06. The number of nitrogens with zero attached hydrogens (tertiary/aromatic N) is 2. The zero-order chi connectivity index (χ0) is 9.97. The van der Waals surface area contributed by atoms with Crippen molar-refractivity contribution in [3.05, 3.63) is 35.0 Å². The van der Waals surface area contributed by atoms with Gasteiger partial charge >= 0.3 is 0 Å². The van der Waals surface area contributed by atoms with Crippen molar-refractivity contribution in [2.24, 2.45) is 0 Å². The summed E-state index contributed by atoms with van der Waals surface area (Å²) < 4.78 is 0. The van der Waals surface area contributed by atoms with Gasteiger partial charge in [-0.1, -0.05) is 6.07 Å². The Balaban J connectivity index is 2.63. The summed E-state index contributed by atoms with van der Waals surface area (Å²) in [7, 11) is 0. The smallest absolute Gasteiger partial charge is 0.136 e. The lowest BCUT2D eigenvalue weighted by atomic mass is 10.1. The fraction of sp³-hybridized carbons (Fsp3) is 0. The van der Waals surface area contributed by atoms with Crippen LogP contribution in [0.1, 0.15) is 11.3 Å². The van der Waals surface area contributed by atoms with Crippen LogP contribution in [0.2, 0.25) is 0 Å². The van der Waals surface area contributed by atoms with E-state index in [9.17, 15) is 0 Å². The van der Waals surface area contributed by atoms with E-state index in [-0.39, 0.29) is 0 Å². The molecule has 0 saturated heterocycles. The van der Waals surface area contributed by atoms with Gasteiger partial charge in [-0.15, -0.1) is 11.3 Å². The highest BCUT2D eigenvalue weighted by Gasteiger charge is 2.12. The van der Waals surface area contributed by atoms with Gasteiger partial charge in [0, 0.05) is 16.6 Å². The van der Waals surface area contributed by atoms with Gasteiger partial charge in [-0.25, -0.2) is 0 Å². The topological polar surface area (TPSA) is 63.4 Å². The van der Waals surface area contributed by atoms with E-state index < -0.39 is 0 Å². The quantitative estimate of drug-likeness (QED) is 0.766. The summed E-state index contributed by atoms with van der Waals surface area (Å²) in [6.45, 7) is 0. The molecule has 0 aliphatic heterocycles. The van der Waals surface area contributed by atoms with Crippen molar-refractivity contribution in [1.82, 2.24) is 4.98 Å². The molecule has 2 rings (SSSR count). The van der Waals surface area contributed by atoms with E-state index in [4.69, 9.17) is 10.5 Å². The maximum atomic E-state index is 8.90. The van der Waals surface area contributed by atoms with Gasteiger partial charge in [-0.05, 0) is 11.4 Å². The van der Waals surface area contributed by atoms with Crippen LogP contribution in [0.15, 0.2) is 23.7 Å². The monoisotopic (exact) mass is 199 g/mol. The summed E-state index contributed by atoms with van der Waals surface area (Å²) in [5.74, 6) is 0. The molecule has 2 aromatic rings. The second-order valence-corrected chi connectivity index (χ2v) is 3.60. The van der Waals surface area contributed by atoms with Crippen molar-refractivity contribution < 1.29 is 0 Å². The van der Waals surface area contributed by atoms with Gasteiger partial charge in [0.25, 0.3) is 0 Å². The van der Waals surface area contributed by atoms with Crippen molar-refractivity contribution in [2.45, 2.75) is 0 Å². The highest BCUT2D eigenvalue weighted by atomic mass is 32.1. The molecule has 1 N–H and O–H groups in total. The van der Waals surface area contributed by atoms with Crippen molar-refractivity contribution in [3.63, 3.8) is 0 Å². The number of aromatic amines is 1. The highest BCUT2D eigenvalue weighted by molar-refractivity contribution is 7.13. The Bertz CT molecular complexity index is 523. The van der Waals surface area contributed by atoms with Gasteiger partial charge in [-0.3, -0.25) is 0 Å². The first-order valence-electron chi connectivity index (χ1n) is 3.92. The molecular formula is C10H5N3S. The molecule has 0 unspecified atom stereocenters. The second kappa shape index (κ2) is 3.37. The van der Waals surface area contributed by atoms with Crippen LogP contribution in [0, 0.1) is 22.7 Å². The summed E-state index contributed by atoms with van der Waals surface area (Å²) >= 11 is 1.55. The first kappa shape index (κ1) is 8.55. The van der Waals surface area contributed by atoms with Gasteiger partial charge in [0.05, 0.1) is 5.56 Å². The van der Waals surface area contributed by atoms with Gasteiger partial charge in [0.15, 0.2) is 0 Å². The lowest BCUT2D eigenvalue weighted by molar-refractivity contribution is 1.32. The fourth-order valence-corrected chi connectivity index (χ4v) is 2.00. The molecule has 0 aromatic carbocycles. The molecule has 0 aliphatic carbocycles. The van der Waals surface area contributed by atoms with Crippen molar-refractivity contribution >= 4 is 11.3 Å². The molecule has 0 amide bonds. The van der Waals surface area contributed by atoms with Crippen LogP contribution >= 0.6 is 11.3 Å². The van der Waals surface area contributed by atoms with Crippen LogP contribution in [-0.4, -0.2) is 4.98 Å². The maximum absolute atomic E-state index is 8.90. The normalized spacial score (nSPS) is 9.29. The van der Waals surface area contributed by atoms with Gasteiger partial charge in [0.2, 0.25) is 0 Å². The molecule has 0 radical (unpaired) electrons. The van der Waals surface area contributed by atoms with Crippen molar-refractivity contribution in [1.29, 1.82) is 10.5 Å². The molecule has 2 heterocycles. The molecule has 0 spiro atoms. The van der Waals surface area contributed by atoms with E-state index >= 15 is 0 Å². The third-order valence-corrected chi connectivity index (χ3v) is 2.79. The minimum atomic E-state index is 0.330. The predicted octanol–water partition coefficient (Wildman–Crippen LogP) is 2.49. The van der Waals surface area contributed by atoms with Crippen LogP contribution in [0.5, 0.6) is 0 Å². The highest BCUT2D eigenvalue weighted by Crippen LogP contribution is 2.29. The van der Waals surface area contributed by atoms with E-state index in [1.54, 1.807) is 17.5 Å². The van der Waals surface area contributed by atoms with Crippen molar-refractivity contribution in [3.8, 4) is 22.6 Å². The lowest BCUT2D eigenvalue weighted by Crippen LogP contribution is -1.79. The Morgan fingerprint density at radius 3 is 2.71 bits per heavy atom. The zero-order valence-electron chi connectivity index (χ0n) is 7.11. The number of hydrogen-bond acceptors (Lipinski definition) is 3. The van der Waals surface area contributed by atoms with E-state index in [0.717, 1.165) is 10.4 Å². The van der Waals surface area contributed by atoms with Crippen LogP contribution in [0.3, 0.4) is 0 Å². The predicted molar refractivity (Wildman–Crippen MR) is 53.5 cm³/mol. The molecule has 2 aromatic heterocycles. The van der Waals surface area contributed by atoms with E-state index in [0.29, 0.717) is 11.3 Å². The number of rotatable bonds is 1. The number of thiophene rings is 1. The third-order valence-electron chi connectivity index (χ3n) is 1.89. The molecule has 0 aliphatic rings. The van der Waals surface area contributed by atoms with Crippen LogP contribution in [0.4, 0.5) is 0 Å². The van der Waals surface area contributed by atoms with Gasteiger partial charge < -0.3 is 4.98 Å². The maximum Gasteiger partial charge on any atom is 0.136 e. The average molecular weight is 199 g/mol. The first-order valence-corrected chi connectivity index (χ1v) is 4.80. The SMILES string of the molecule is N#Cc1[nH]cc(-c2cccs2)c1C#N. The summed E-state index contributed by atoms with van der Waals surface area (Å²) in [4.78, 5) is 3.79. The molecule has 4 heteroatoms. The van der Waals surface area contributed by atoms with E-state index in [1.807, 2.05) is 29.7 Å². The van der Waals surface area contributed by atoms with Crippen LogP contribution in [0.25, 0.3) is 10.4 Å². The summed E-state index contributed by atoms with van der Waals surface area (Å²) in [6.07, 6.45) is 1.70. The largest absolute Gasteiger partial charge is 0.351 e. The van der Waals surface area contributed by atoms with Crippen LogP contribution < -0.4 is 0 Å². The van der Waals surface area contributed by atoms with Crippen LogP contribution in [-0.2, 0) is 0 Å². The average Bonchev–Trinajstić information content (AvgIpc) is 2.85. The Labute approximate surface area is 84.9 Å². The molecule has 14 heavy (non-hydrogen) atoms. The third kappa shape index (κ3) is 1.19. The van der Waals surface area contributed by atoms with E-state index in [2.05, 4.69) is 4.98 Å². The Morgan fingerprint density at radius 2 is 2.14 bits per heavy atom. The number of hydrogen-bond donors (Lipinski definition) is 1. The second-order valence-electron chi connectivity index (χ2n) is 2.65. The first-order chi connectivity index (χ1) is 6.86. The fourth-order valence-electron chi connectivity index (χ4n) is 1.25. The Hall–Kier alpha value is -2.04. The molecule has 66 valence electrons. The summed E-state index contributed by atoms with van der Waals surface area (Å²) in [6, 6.07) is 7.83. The van der Waals surface area contributed by atoms with E-state index in [1.165, 1.54) is 0 Å². The van der Waals surface area contributed by atoms with Gasteiger partial charge in [-0.2, -0.15) is 10.5 Å². The Morgan fingerprint density at radius 1 is 1.29 bits per heavy atom. The molecule has 0 saturated carbocycles. The molecule has 3 nitrogen and oxygen atoms in total. The van der Waals surface area contributed by atoms with Gasteiger partial charge in [0.1, 0.15) is 17.8 Å². The zero-order valence-corrected chi connectivity index (χ0v) is 7.93. The molecule has 0 fully saturated rings. The number of H-pyrrole nitrogens is 1. The number of nitriles is 2. The minimum Gasteiger partial charge on any atom is -0.351 e. The number of nitrogens with one attached hydrogen (secondary N) is 1. The molecule has 0 atom stereocenters. The summed E-state index contributed by atoms with van der Waals surface area (Å²) in [5, 5.41) is 19.6. The molecule has 0 bridgehead atoms. The summed E-state index contributed by atoms with van der Waals surface area (Å²) in [5.41, 5.74) is 1.56. The lowest BCUT2D eigenvalue weighted by Gasteiger charge is -1.90.